The number of rotatable bonds is 7. The molecule has 2 rings (SSSR count). The number of carbonyl (C=O) groups excluding carboxylic acids is 2. The summed E-state index contributed by atoms with van der Waals surface area (Å²) in [5.74, 6) is -0.199. The molecule has 144 valence electrons. The molecule has 1 aromatic carbocycles. The third-order valence-electron chi connectivity index (χ3n) is 5.65. The zero-order valence-corrected chi connectivity index (χ0v) is 16.6. The van der Waals surface area contributed by atoms with E-state index in [4.69, 9.17) is 4.74 Å². The Bertz CT molecular complexity index is 624. The molecule has 5 heteroatoms. The largest absolute Gasteiger partial charge is 0.465 e. The number of nitrogens with zero attached hydrogens (tertiary/aromatic N) is 1. The second kappa shape index (κ2) is 9.17. The van der Waals surface area contributed by atoms with Crippen molar-refractivity contribution in [3.05, 3.63) is 29.3 Å². The first-order valence-electron chi connectivity index (χ1n) is 9.73. The first kappa shape index (κ1) is 20.4. The number of esters is 1. The first-order chi connectivity index (χ1) is 12.4. The van der Waals surface area contributed by atoms with E-state index in [9.17, 15) is 9.59 Å². The van der Waals surface area contributed by atoms with E-state index >= 15 is 0 Å². The topological polar surface area (TPSA) is 55.4 Å². The van der Waals surface area contributed by atoms with Gasteiger partial charge in [-0.25, -0.2) is 4.79 Å². The summed E-state index contributed by atoms with van der Waals surface area (Å²) < 4.78 is 5.48. The molecule has 0 aromatic heterocycles. The maximum atomic E-state index is 13.2. The van der Waals surface area contributed by atoms with Crippen LogP contribution in [0.2, 0.25) is 0 Å². The minimum absolute atomic E-state index is 0.0297. The number of ether oxygens (including phenoxy) is 1. The van der Waals surface area contributed by atoms with Crippen LogP contribution in [0.25, 0.3) is 0 Å². The van der Waals surface area contributed by atoms with Crippen molar-refractivity contribution in [1.82, 2.24) is 0 Å². The number of anilines is 1. The van der Waals surface area contributed by atoms with Crippen molar-refractivity contribution in [2.75, 3.05) is 32.1 Å². The van der Waals surface area contributed by atoms with E-state index in [1.54, 1.807) is 0 Å². The summed E-state index contributed by atoms with van der Waals surface area (Å²) in [5.41, 5.74) is 3.03. The first-order valence-corrected chi connectivity index (χ1v) is 9.73. The lowest BCUT2D eigenvalue weighted by Crippen LogP contribution is -2.64. The number of piperidine rings is 1. The lowest BCUT2D eigenvalue weighted by atomic mass is 9.95. The van der Waals surface area contributed by atoms with Crippen LogP contribution < -0.4 is 5.32 Å². The number of amides is 1. The Morgan fingerprint density at radius 2 is 1.92 bits per heavy atom. The molecule has 1 fully saturated rings. The monoisotopic (exact) mass is 361 g/mol. The summed E-state index contributed by atoms with van der Waals surface area (Å²) >= 11 is 0. The molecule has 0 radical (unpaired) electrons. The zero-order valence-electron chi connectivity index (χ0n) is 16.6. The van der Waals surface area contributed by atoms with Crippen molar-refractivity contribution in [3.8, 4) is 0 Å². The highest BCUT2D eigenvalue weighted by molar-refractivity contribution is 5.95. The van der Waals surface area contributed by atoms with Crippen LogP contribution in [-0.2, 0) is 14.3 Å². The highest BCUT2D eigenvalue weighted by Gasteiger charge is 2.45. The van der Waals surface area contributed by atoms with Crippen molar-refractivity contribution in [2.45, 2.75) is 58.9 Å². The molecule has 1 aromatic rings. The van der Waals surface area contributed by atoms with Crippen molar-refractivity contribution in [3.63, 3.8) is 0 Å². The number of methoxy groups -OCH3 is 1. The predicted octanol–water partition coefficient (Wildman–Crippen LogP) is 3.58. The number of hydrogen-bond acceptors (Lipinski definition) is 3. The second-order valence-corrected chi connectivity index (χ2v) is 7.52. The fourth-order valence-electron chi connectivity index (χ4n) is 4.12. The Labute approximate surface area is 157 Å². The number of carbonyl (C=O) groups is 2. The van der Waals surface area contributed by atoms with Crippen LogP contribution >= 0.6 is 0 Å². The van der Waals surface area contributed by atoms with E-state index < -0.39 is 0 Å². The Balaban J connectivity index is 2.28. The van der Waals surface area contributed by atoms with Gasteiger partial charge in [-0.05, 0) is 44.2 Å². The maximum Gasteiger partial charge on any atom is 0.361 e. The quantitative estimate of drug-likeness (QED) is 0.596. The molecule has 0 saturated carbocycles. The summed E-state index contributed by atoms with van der Waals surface area (Å²) in [5, 5.41) is 3.16. The van der Waals surface area contributed by atoms with Gasteiger partial charge in [-0.15, -0.1) is 0 Å². The van der Waals surface area contributed by atoms with Crippen LogP contribution in [0.3, 0.4) is 0 Å². The molecule has 0 spiro atoms. The van der Waals surface area contributed by atoms with E-state index in [1.165, 1.54) is 7.11 Å². The second-order valence-electron chi connectivity index (χ2n) is 7.52. The molecule has 5 nitrogen and oxygen atoms in total. The summed E-state index contributed by atoms with van der Waals surface area (Å²) in [4.78, 5) is 25.4. The van der Waals surface area contributed by atoms with Gasteiger partial charge < -0.3 is 14.5 Å². The summed E-state index contributed by atoms with van der Waals surface area (Å²) in [6.45, 7) is 8.15. The lowest BCUT2D eigenvalue weighted by molar-refractivity contribution is -0.940. The molecule has 2 atom stereocenters. The van der Waals surface area contributed by atoms with Gasteiger partial charge >= 0.3 is 5.97 Å². The highest BCUT2D eigenvalue weighted by atomic mass is 16.5. The molecule has 1 N–H and O–H groups in total. The molecule has 0 bridgehead atoms. The fraction of sp³-hybridized carbons (Fsp3) is 0.619. The minimum Gasteiger partial charge on any atom is -0.465 e. The zero-order chi connectivity index (χ0) is 19.2. The van der Waals surface area contributed by atoms with Gasteiger partial charge in [-0.3, -0.25) is 4.79 Å². The highest BCUT2D eigenvalue weighted by Crippen LogP contribution is 2.29. The van der Waals surface area contributed by atoms with Crippen molar-refractivity contribution in [1.29, 1.82) is 0 Å². The molecule has 26 heavy (non-hydrogen) atoms. The number of benzene rings is 1. The van der Waals surface area contributed by atoms with Crippen LogP contribution in [0.1, 0.15) is 50.2 Å². The third-order valence-corrected chi connectivity index (χ3v) is 5.65. The molecule has 0 aliphatic carbocycles. The van der Waals surface area contributed by atoms with Crippen molar-refractivity contribution < 1.29 is 18.8 Å². The van der Waals surface area contributed by atoms with E-state index in [-0.39, 0.29) is 24.5 Å². The standard InChI is InChI=1S/C21H32N2O3/c1-5-6-13-23(15-19(24)26-4)14-8-7-12-18(23)21(25)22-20-16(2)10-9-11-17(20)3/h9-11,18H,5-8,12-15H2,1-4H3/p+1/t18-,23+/m0/s1. The molecule has 1 amide bonds. The number of aryl methyl sites for hydroxylation is 2. The lowest BCUT2D eigenvalue weighted by Gasteiger charge is -2.46. The van der Waals surface area contributed by atoms with E-state index in [1.807, 2.05) is 32.0 Å². The molecule has 1 heterocycles. The average molecular weight is 362 g/mol. The Morgan fingerprint density at radius 3 is 2.54 bits per heavy atom. The van der Waals surface area contributed by atoms with Crippen LogP contribution in [-0.4, -0.2) is 49.1 Å². The predicted molar refractivity (Wildman–Crippen MR) is 104 cm³/mol. The van der Waals surface area contributed by atoms with E-state index in [2.05, 4.69) is 12.2 Å². The van der Waals surface area contributed by atoms with Gasteiger partial charge in [-0.1, -0.05) is 31.5 Å². The SMILES string of the molecule is CCCC[N@+]1(CC(=O)OC)CCCC[C@H]1C(=O)Nc1c(C)cccc1C. The smallest absolute Gasteiger partial charge is 0.361 e. The number of unbranched alkanes of at least 4 members (excludes halogenated alkanes) is 1. The number of para-hydroxylation sites is 1. The van der Waals surface area contributed by atoms with Crippen molar-refractivity contribution in [2.24, 2.45) is 0 Å². The normalized spacial score (nSPS) is 22.7. The van der Waals surface area contributed by atoms with Crippen molar-refractivity contribution >= 4 is 17.6 Å². The molecule has 1 aliphatic rings. The Hall–Kier alpha value is -1.88. The van der Waals surface area contributed by atoms with Gasteiger partial charge in [-0.2, -0.15) is 0 Å². The molecule has 1 saturated heterocycles. The fourth-order valence-corrected chi connectivity index (χ4v) is 4.12. The Kier molecular flexibility index (Phi) is 7.21. The van der Waals surface area contributed by atoms with Crippen LogP contribution in [0.5, 0.6) is 0 Å². The maximum absolute atomic E-state index is 13.2. The van der Waals surface area contributed by atoms with Gasteiger partial charge in [0, 0.05) is 12.1 Å². The van der Waals surface area contributed by atoms with Gasteiger partial charge in [0.1, 0.15) is 0 Å². The average Bonchev–Trinajstić information content (AvgIpc) is 2.63. The number of likely N-dealkylation sites (tertiary alicyclic amines) is 1. The molecule has 1 aliphatic heterocycles. The van der Waals surface area contributed by atoms with Crippen LogP contribution in [0.15, 0.2) is 18.2 Å². The molecular formula is C21H33N2O3+. The summed E-state index contributed by atoms with van der Waals surface area (Å²) in [7, 11) is 1.42. The number of nitrogens with one attached hydrogen (secondary N) is 1. The molecule has 0 unspecified atom stereocenters. The summed E-state index contributed by atoms with van der Waals surface area (Å²) in [6.07, 6.45) is 4.94. The number of hydrogen-bond donors (Lipinski definition) is 1. The van der Waals surface area contributed by atoms with Gasteiger partial charge in [0.2, 0.25) is 0 Å². The van der Waals surface area contributed by atoms with E-state index in [0.717, 1.165) is 62.0 Å². The van der Waals surface area contributed by atoms with E-state index in [0.29, 0.717) is 4.48 Å². The van der Waals surface area contributed by atoms with Crippen LogP contribution in [0.4, 0.5) is 5.69 Å². The Morgan fingerprint density at radius 1 is 1.23 bits per heavy atom. The third kappa shape index (κ3) is 4.64. The minimum atomic E-state index is -0.229. The summed E-state index contributed by atoms with van der Waals surface area (Å²) in [6, 6.07) is 5.82. The van der Waals surface area contributed by atoms with Gasteiger partial charge in [0.25, 0.3) is 5.91 Å². The van der Waals surface area contributed by atoms with Gasteiger partial charge in [0.15, 0.2) is 12.6 Å². The molecular weight excluding hydrogens is 328 g/mol. The van der Waals surface area contributed by atoms with Crippen LogP contribution in [0, 0.1) is 13.8 Å². The number of quaternary nitrogens is 1. The van der Waals surface area contributed by atoms with Gasteiger partial charge in [0.05, 0.1) is 20.2 Å².